The van der Waals surface area contributed by atoms with E-state index < -0.39 is 37.1 Å². The Labute approximate surface area is 312 Å². The van der Waals surface area contributed by atoms with Gasteiger partial charge in [-0.05, 0) is 80.9 Å². The number of rotatable bonds is 21. The van der Waals surface area contributed by atoms with Crippen LogP contribution in [-0.4, -0.2) is 148 Å². The van der Waals surface area contributed by atoms with Gasteiger partial charge < -0.3 is 55.3 Å². The number of aliphatic hydroxyl groups excluding tert-OH is 5. The van der Waals surface area contributed by atoms with E-state index in [4.69, 9.17) is 19.3 Å². The second-order valence-electron chi connectivity index (χ2n) is 15.5. The van der Waals surface area contributed by atoms with E-state index in [1.165, 1.54) is 6.42 Å². The molecule has 2 amide bonds. The van der Waals surface area contributed by atoms with Crippen LogP contribution in [0.15, 0.2) is 24.3 Å². The summed E-state index contributed by atoms with van der Waals surface area (Å²) in [6.07, 6.45) is 1.23. The summed E-state index contributed by atoms with van der Waals surface area (Å²) < 4.78 is 17.5. The zero-order chi connectivity index (χ0) is 38.0. The van der Waals surface area contributed by atoms with Crippen LogP contribution in [0.1, 0.15) is 69.4 Å². The number of carbonyl (C=O) groups excluding carboxylic acids is 2. The van der Waals surface area contributed by atoms with Gasteiger partial charge in [0, 0.05) is 31.7 Å². The van der Waals surface area contributed by atoms with Crippen LogP contribution < -0.4 is 10.6 Å². The highest BCUT2D eigenvalue weighted by molar-refractivity contribution is 5.79. The summed E-state index contributed by atoms with van der Waals surface area (Å²) in [4.78, 5) is 28.8. The van der Waals surface area contributed by atoms with Gasteiger partial charge in [0.2, 0.25) is 5.91 Å². The highest BCUT2D eigenvalue weighted by Gasteiger charge is 2.58. The number of hydrogen-bond acceptors (Lipinski definition) is 13. The Bertz CT molecular complexity index is 1360. The van der Waals surface area contributed by atoms with Crippen molar-refractivity contribution in [2.75, 3.05) is 59.2 Å². The number of carbonyl (C=O) groups is 2. The first-order valence-corrected chi connectivity index (χ1v) is 19.2. The fourth-order valence-electron chi connectivity index (χ4n) is 9.22. The molecule has 1 aromatic rings. The maximum Gasteiger partial charge on any atom is 0.407 e. The minimum absolute atomic E-state index is 0.0184. The van der Waals surface area contributed by atoms with Crippen molar-refractivity contribution in [3.05, 3.63) is 35.4 Å². The number of hydrogen-bond donors (Lipinski definition) is 7. The largest absolute Gasteiger partial charge is 0.447 e. The lowest BCUT2D eigenvalue weighted by molar-refractivity contribution is -0.182. The van der Waals surface area contributed by atoms with E-state index in [-0.39, 0.29) is 55.9 Å². The maximum absolute atomic E-state index is 13.0. The van der Waals surface area contributed by atoms with Gasteiger partial charge in [-0.25, -0.2) is 4.79 Å². The molecule has 53 heavy (non-hydrogen) atoms. The SMILES string of the molecule is CCN(Cc1ccc(CNC(=O)OCCOCCOC23CC4CC(CC(NCC(=O)N5CCC[C@H]5C#N)(C4)C2)C3)cc1)C[C@H](O)[C@@H](O)[C@H](O)[C@H](O)CO. The van der Waals surface area contributed by atoms with Crippen LogP contribution in [-0.2, 0) is 32.1 Å². The summed E-state index contributed by atoms with van der Waals surface area (Å²) >= 11 is 0. The Morgan fingerprint density at radius 1 is 1.00 bits per heavy atom. The van der Waals surface area contributed by atoms with Crippen LogP contribution in [0.2, 0.25) is 0 Å². The summed E-state index contributed by atoms with van der Waals surface area (Å²) in [5, 5.41) is 64.6. The number of nitrogens with one attached hydrogen (secondary N) is 2. The van der Waals surface area contributed by atoms with Crippen LogP contribution in [0.4, 0.5) is 4.79 Å². The molecule has 5 fully saturated rings. The van der Waals surface area contributed by atoms with Gasteiger partial charge in [0.1, 0.15) is 31.0 Å². The van der Waals surface area contributed by atoms with E-state index in [0.29, 0.717) is 44.7 Å². The number of nitrogens with zero attached hydrogens (tertiary/aromatic N) is 3. The van der Waals surface area contributed by atoms with E-state index in [0.717, 1.165) is 56.1 Å². The third-order valence-electron chi connectivity index (χ3n) is 11.5. The number of alkyl carbamates (subject to hydrolysis) is 1. The molecule has 1 heterocycles. The van der Waals surface area contributed by atoms with E-state index in [1.807, 2.05) is 36.1 Å². The molecule has 7 N–H and O–H groups in total. The molecule has 296 valence electrons. The van der Waals surface area contributed by atoms with Gasteiger partial charge in [0.15, 0.2) is 0 Å². The van der Waals surface area contributed by atoms with Gasteiger partial charge in [-0.3, -0.25) is 9.69 Å². The van der Waals surface area contributed by atoms with Crippen molar-refractivity contribution in [2.45, 2.75) is 113 Å². The molecular weight excluding hydrogens is 686 g/mol. The molecule has 5 aliphatic rings. The number of nitriles is 1. The molecule has 7 atom stereocenters. The molecule has 0 radical (unpaired) electrons. The number of aliphatic hydroxyl groups is 5. The average Bonchev–Trinajstić information content (AvgIpc) is 3.64. The van der Waals surface area contributed by atoms with E-state index >= 15 is 0 Å². The molecule has 1 saturated heterocycles. The summed E-state index contributed by atoms with van der Waals surface area (Å²) in [6, 6.07) is 9.51. The smallest absolute Gasteiger partial charge is 0.407 e. The molecular formula is C38H59N5O10. The molecule has 6 rings (SSSR count). The van der Waals surface area contributed by atoms with Crippen LogP contribution in [0.5, 0.6) is 0 Å². The molecule has 2 unspecified atom stereocenters. The van der Waals surface area contributed by atoms with Gasteiger partial charge in [-0.15, -0.1) is 0 Å². The monoisotopic (exact) mass is 745 g/mol. The third-order valence-corrected chi connectivity index (χ3v) is 11.5. The number of likely N-dealkylation sites (tertiary alicyclic amines) is 1. The molecule has 0 aromatic heterocycles. The van der Waals surface area contributed by atoms with Gasteiger partial charge in [0.25, 0.3) is 0 Å². The van der Waals surface area contributed by atoms with E-state index in [9.17, 15) is 35.3 Å². The molecule has 4 bridgehead atoms. The Hall–Kier alpha value is -2.91. The predicted molar refractivity (Wildman–Crippen MR) is 192 cm³/mol. The van der Waals surface area contributed by atoms with Crippen molar-refractivity contribution in [1.82, 2.24) is 20.4 Å². The number of amides is 2. The van der Waals surface area contributed by atoms with Gasteiger partial charge in [-0.1, -0.05) is 31.2 Å². The van der Waals surface area contributed by atoms with Crippen LogP contribution >= 0.6 is 0 Å². The van der Waals surface area contributed by atoms with Crippen LogP contribution in [0, 0.1) is 23.2 Å². The maximum atomic E-state index is 13.0. The third kappa shape index (κ3) is 11.1. The topological polar surface area (TPSA) is 217 Å². The zero-order valence-electron chi connectivity index (χ0n) is 30.9. The Balaban J connectivity index is 0.943. The second kappa shape index (κ2) is 19.1. The lowest BCUT2D eigenvalue weighted by atomic mass is 9.51. The highest BCUT2D eigenvalue weighted by Crippen LogP contribution is 2.58. The zero-order valence-corrected chi connectivity index (χ0v) is 30.9. The lowest BCUT2D eigenvalue weighted by Crippen LogP contribution is -2.66. The fraction of sp³-hybridized carbons (Fsp3) is 0.763. The number of likely N-dealkylation sites (N-methyl/N-ethyl adjacent to an activating group) is 1. The van der Waals surface area contributed by atoms with Gasteiger partial charge >= 0.3 is 6.09 Å². The van der Waals surface area contributed by atoms with Crippen molar-refractivity contribution in [1.29, 1.82) is 5.26 Å². The summed E-state index contributed by atoms with van der Waals surface area (Å²) in [5.74, 6) is 1.18. The average molecular weight is 746 g/mol. The van der Waals surface area contributed by atoms with E-state index in [2.05, 4.69) is 16.7 Å². The normalized spacial score (nSPS) is 28.4. The first-order chi connectivity index (χ1) is 25.5. The molecule has 15 nitrogen and oxygen atoms in total. The standard InChI is InChI=1S/C38H59N5O10/c1-2-42(23-31(45)34(48)35(49)32(46)24-44)22-27-7-5-26(6-8-27)20-40-36(50)52-12-10-51-11-13-53-38-17-28-14-29(18-38)16-37(15-28,25-38)41-21-33(47)43-9-3-4-30(43)19-39/h5-8,28-32,34-35,41,44-46,48-49H,2-4,9-18,20-25H2,1H3,(H,40,50)/t28?,29?,30-,31-,32+,34+,35+,37?,38?/m0/s1. The molecule has 15 heteroatoms. The van der Waals surface area contributed by atoms with Gasteiger partial charge in [0.05, 0.1) is 50.7 Å². The molecule has 1 aliphatic heterocycles. The first kappa shape index (κ1) is 41.3. The molecule has 1 aromatic carbocycles. The summed E-state index contributed by atoms with van der Waals surface area (Å²) in [6.45, 7) is 4.64. The number of benzene rings is 1. The fourth-order valence-corrected chi connectivity index (χ4v) is 9.22. The van der Waals surface area contributed by atoms with Crippen molar-refractivity contribution in [2.24, 2.45) is 11.8 Å². The molecule has 4 saturated carbocycles. The lowest BCUT2D eigenvalue weighted by Gasteiger charge is -2.62. The molecule has 4 aliphatic carbocycles. The van der Waals surface area contributed by atoms with Crippen molar-refractivity contribution < 1.29 is 49.3 Å². The Morgan fingerprint density at radius 2 is 1.68 bits per heavy atom. The Kier molecular flexibility index (Phi) is 14.9. The second-order valence-corrected chi connectivity index (χ2v) is 15.5. The van der Waals surface area contributed by atoms with Crippen LogP contribution in [0.25, 0.3) is 0 Å². The van der Waals surface area contributed by atoms with E-state index in [1.54, 1.807) is 4.90 Å². The van der Waals surface area contributed by atoms with Crippen LogP contribution in [0.3, 0.4) is 0 Å². The minimum Gasteiger partial charge on any atom is -0.447 e. The first-order valence-electron chi connectivity index (χ1n) is 19.2. The molecule has 0 spiro atoms. The summed E-state index contributed by atoms with van der Waals surface area (Å²) in [5.41, 5.74) is 1.50. The van der Waals surface area contributed by atoms with Crippen molar-refractivity contribution >= 4 is 12.0 Å². The predicted octanol–water partition coefficient (Wildman–Crippen LogP) is 0.399. The summed E-state index contributed by atoms with van der Waals surface area (Å²) in [7, 11) is 0. The number of ether oxygens (including phenoxy) is 3. The highest BCUT2D eigenvalue weighted by atomic mass is 16.6. The van der Waals surface area contributed by atoms with Crippen molar-refractivity contribution in [3.8, 4) is 6.07 Å². The van der Waals surface area contributed by atoms with Crippen molar-refractivity contribution in [3.63, 3.8) is 0 Å². The quantitative estimate of drug-likeness (QED) is 0.0850. The Morgan fingerprint density at radius 3 is 2.36 bits per heavy atom. The van der Waals surface area contributed by atoms with Gasteiger partial charge in [-0.2, -0.15) is 5.26 Å². The minimum atomic E-state index is -1.67.